The Kier molecular flexibility index (Phi) is 7.10. The Morgan fingerprint density at radius 2 is 1.50 bits per heavy atom. The zero-order chi connectivity index (χ0) is 20.9. The van der Waals surface area contributed by atoms with E-state index in [4.69, 9.17) is 4.74 Å². The number of ether oxygens (including phenoxy) is 1. The van der Waals surface area contributed by atoms with Gasteiger partial charge in [-0.25, -0.2) is 13.1 Å². The van der Waals surface area contributed by atoms with E-state index in [0.29, 0.717) is 5.56 Å². The molecule has 7 heteroatoms. The summed E-state index contributed by atoms with van der Waals surface area (Å²) in [4.78, 5) is 24.4. The van der Waals surface area contributed by atoms with Crippen LogP contribution in [0.5, 0.6) is 0 Å². The number of carbonyl (C=O) groups excluding carboxylic acids is 2. The third-order valence-corrected chi connectivity index (χ3v) is 5.75. The van der Waals surface area contributed by atoms with Gasteiger partial charge in [-0.3, -0.25) is 9.59 Å². The van der Waals surface area contributed by atoms with Crippen LogP contribution in [0.25, 0.3) is 0 Å². The molecule has 0 aliphatic rings. The predicted octanol–water partition coefficient (Wildman–Crippen LogP) is 3.01. The topological polar surface area (TPSA) is 89.5 Å². The molecule has 0 radical (unpaired) electrons. The first kappa shape index (κ1) is 21.8. The standard InChI is InChI=1S/C21H25NO5S/c1-14-5-7-18(8-6-14)28(25,26)22-10-9-20(24)27-13-19(23)21-16(3)11-15(2)12-17(21)4/h5-8,11-12,22H,9-10,13H2,1-4H3. The lowest BCUT2D eigenvalue weighted by Crippen LogP contribution is -2.27. The monoisotopic (exact) mass is 403 g/mol. The fraction of sp³-hybridized carbons (Fsp3) is 0.333. The molecule has 0 saturated heterocycles. The smallest absolute Gasteiger partial charge is 0.307 e. The summed E-state index contributed by atoms with van der Waals surface area (Å²) >= 11 is 0. The normalized spacial score (nSPS) is 11.3. The molecule has 0 amide bonds. The average Bonchev–Trinajstić information content (AvgIpc) is 2.59. The lowest BCUT2D eigenvalue weighted by atomic mass is 9.97. The Hall–Kier alpha value is -2.51. The summed E-state index contributed by atoms with van der Waals surface area (Å²) in [6.07, 6.45) is -0.162. The summed E-state index contributed by atoms with van der Waals surface area (Å²) in [7, 11) is -3.69. The number of esters is 1. The van der Waals surface area contributed by atoms with Crippen LogP contribution in [0.4, 0.5) is 0 Å². The summed E-state index contributed by atoms with van der Waals surface area (Å²) < 4.78 is 31.7. The molecule has 150 valence electrons. The highest BCUT2D eigenvalue weighted by molar-refractivity contribution is 7.89. The SMILES string of the molecule is Cc1ccc(S(=O)(=O)NCCC(=O)OCC(=O)c2c(C)cc(C)cc2C)cc1. The van der Waals surface area contributed by atoms with Crippen LogP contribution in [-0.4, -0.2) is 33.3 Å². The minimum Gasteiger partial charge on any atom is -0.457 e. The third kappa shape index (κ3) is 5.74. The lowest BCUT2D eigenvalue weighted by molar-refractivity contribution is -0.142. The van der Waals surface area contributed by atoms with Crippen LogP contribution in [0.2, 0.25) is 0 Å². The van der Waals surface area contributed by atoms with Gasteiger partial charge in [0, 0.05) is 12.1 Å². The fourth-order valence-electron chi connectivity index (χ4n) is 3.00. The van der Waals surface area contributed by atoms with E-state index < -0.39 is 16.0 Å². The van der Waals surface area contributed by atoms with Gasteiger partial charge in [0.2, 0.25) is 15.8 Å². The molecule has 0 heterocycles. The van der Waals surface area contributed by atoms with E-state index in [9.17, 15) is 18.0 Å². The summed E-state index contributed by atoms with van der Waals surface area (Å²) in [5.74, 6) is -0.911. The van der Waals surface area contributed by atoms with Crippen LogP contribution in [0.1, 0.15) is 39.0 Å². The number of rotatable bonds is 8. The minimum absolute atomic E-state index is 0.105. The maximum Gasteiger partial charge on any atom is 0.307 e. The number of nitrogens with one attached hydrogen (secondary N) is 1. The molecule has 0 aromatic heterocycles. The van der Waals surface area contributed by atoms with Crippen LogP contribution < -0.4 is 4.72 Å². The summed E-state index contributed by atoms with van der Waals surface area (Å²) in [5.41, 5.74) is 4.24. The molecular formula is C21H25NO5S. The van der Waals surface area contributed by atoms with Gasteiger partial charge in [-0.15, -0.1) is 0 Å². The van der Waals surface area contributed by atoms with Gasteiger partial charge < -0.3 is 4.74 Å². The average molecular weight is 404 g/mol. The van der Waals surface area contributed by atoms with E-state index in [1.165, 1.54) is 12.1 Å². The summed E-state index contributed by atoms with van der Waals surface area (Å²) in [6.45, 7) is 7.02. The molecule has 0 aliphatic carbocycles. The van der Waals surface area contributed by atoms with Gasteiger partial charge in [-0.2, -0.15) is 0 Å². The second-order valence-corrected chi connectivity index (χ2v) is 8.59. The molecule has 0 saturated carbocycles. The zero-order valence-corrected chi connectivity index (χ0v) is 17.4. The largest absolute Gasteiger partial charge is 0.457 e. The maximum absolute atomic E-state index is 12.4. The second kappa shape index (κ2) is 9.12. The molecule has 1 N–H and O–H groups in total. The van der Waals surface area contributed by atoms with Crippen molar-refractivity contribution in [2.75, 3.05) is 13.2 Å². The van der Waals surface area contributed by atoms with Gasteiger partial charge in [-0.05, 0) is 51.0 Å². The van der Waals surface area contributed by atoms with E-state index in [0.717, 1.165) is 22.3 Å². The van der Waals surface area contributed by atoms with Crippen molar-refractivity contribution in [3.05, 3.63) is 64.2 Å². The first-order valence-corrected chi connectivity index (χ1v) is 10.4. The van der Waals surface area contributed by atoms with E-state index in [1.807, 2.05) is 39.8 Å². The van der Waals surface area contributed by atoms with Crippen molar-refractivity contribution in [1.29, 1.82) is 0 Å². The van der Waals surface area contributed by atoms with Gasteiger partial charge in [0.1, 0.15) is 0 Å². The lowest BCUT2D eigenvalue weighted by Gasteiger charge is -2.11. The number of ketones is 1. The van der Waals surface area contributed by atoms with Crippen LogP contribution in [-0.2, 0) is 19.6 Å². The number of sulfonamides is 1. The number of benzene rings is 2. The van der Waals surface area contributed by atoms with Crippen LogP contribution in [0, 0.1) is 27.7 Å². The molecule has 2 rings (SSSR count). The molecule has 28 heavy (non-hydrogen) atoms. The Bertz CT molecular complexity index is 955. The molecule has 0 unspecified atom stereocenters. The van der Waals surface area contributed by atoms with E-state index in [2.05, 4.69) is 4.72 Å². The number of Topliss-reactive ketones (excluding diaryl/α,β-unsaturated/α-hetero) is 1. The highest BCUT2D eigenvalue weighted by Crippen LogP contribution is 2.17. The molecule has 6 nitrogen and oxygen atoms in total. The highest BCUT2D eigenvalue weighted by atomic mass is 32.2. The highest BCUT2D eigenvalue weighted by Gasteiger charge is 2.17. The van der Waals surface area contributed by atoms with Gasteiger partial charge in [0.15, 0.2) is 6.61 Å². The Balaban J connectivity index is 1.85. The van der Waals surface area contributed by atoms with Crippen molar-refractivity contribution in [3.63, 3.8) is 0 Å². The van der Waals surface area contributed by atoms with Crippen molar-refractivity contribution in [3.8, 4) is 0 Å². The van der Waals surface area contributed by atoms with E-state index >= 15 is 0 Å². The maximum atomic E-state index is 12.4. The predicted molar refractivity (Wildman–Crippen MR) is 107 cm³/mol. The third-order valence-electron chi connectivity index (χ3n) is 4.27. The molecule has 0 fully saturated rings. The van der Waals surface area contributed by atoms with Crippen molar-refractivity contribution < 1.29 is 22.7 Å². The first-order chi connectivity index (χ1) is 13.1. The molecule has 0 bridgehead atoms. The molecule has 0 aliphatic heterocycles. The first-order valence-electron chi connectivity index (χ1n) is 8.93. The summed E-state index contributed by atoms with van der Waals surface area (Å²) in [5, 5.41) is 0. The van der Waals surface area contributed by atoms with Crippen molar-refractivity contribution in [1.82, 2.24) is 4.72 Å². The molecule has 2 aromatic carbocycles. The van der Waals surface area contributed by atoms with Crippen LogP contribution in [0.3, 0.4) is 0 Å². The van der Waals surface area contributed by atoms with Crippen molar-refractivity contribution >= 4 is 21.8 Å². The summed E-state index contributed by atoms with van der Waals surface area (Å²) in [6, 6.07) is 10.2. The number of hydrogen-bond acceptors (Lipinski definition) is 5. The Morgan fingerprint density at radius 1 is 0.929 bits per heavy atom. The van der Waals surface area contributed by atoms with Crippen molar-refractivity contribution in [2.24, 2.45) is 0 Å². The zero-order valence-electron chi connectivity index (χ0n) is 16.5. The van der Waals surface area contributed by atoms with Crippen LogP contribution in [0.15, 0.2) is 41.3 Å². The van der Waals surface area contributed by atoms with Gasteiger partial charge >= 0.3 is 5.97 Å². The van der Waals surface area contributed by atoms with Gasteiger partial charge in [0.05, 0.1) is 11.3 Å². The fourth-order valence-corrected chi connectivity index (χ4v) is 4.03. The van der Waals surface area contributed by atoms with E-state index in [-0.39, 0.29) is 30.3 Å². The number of hydrogen-bond donors (Lipinski definition) is 1. The van der Waals surface area contributed by atoms with Crippen LogP contribution >= 0.6 is 0 Å². The quantitative estimate of drug-likeness (QED) is 0.541. The molecular weight excluding hydrogens is 378 g/mol. The molecule has 0 spiro atoms. The van der Waals surface area contributed by atoms with Gasteiger partial charge in [0.25, 0.3) is 0 Å². The second-order valence-electron chi connectivity index (χ2n) is 6.82. The number of carbonyl (C=O) groups is 2. The Morgan fingerprint density at radius 3 is 2.07 bits per heavy atom. The van der Waals surface area contributed by atoms with E-state index in [1.54, 1.807) is 12.1 Å². The van der Waals surface area contributed by atoms with Crippen molar-refractivity contribution in [2.45, 2.75) is 39.0 Å². The Labute approximate surface area is 166 Å². The van der Waals surface area contributed by atoms with Gasteiger partial charge in [-0.1, -0.05) is 35.4 Å². The molecule has 2 aromatic rings. The molecule has 0 atom stereocenters. The number of aryl methyl sites for hydroxylation is 4. The minimum atomic E-state index is -3.69.